The molecule has 0 aromatic rings. The number of piperidine rings is 1. The van der Waals surface area contributed by atoms with Crippen LogP contribution in [0.3, 0.4) is 0 Å². The molecule has 2 aliphatic heterocycles. The molecule has 0 unspecified atom stereocenters. The monoisotopic (exact) mass is 269 g/mol. The molecule has 0 bridgehead atoms. The van der Waals surface area contributed by atoms with Crippen LogP contribution in [0.2, 0.25) is 0 Å². The number of hydrogen-bond acceptors (Lipinski definition) is 4. The highest BCUT2D eigenvalue weighted by Gasteiger charge is 2.38. The Morgan fingerprint density at radius 2 is 1.58 bits per heavy atom. The number of ether oxygens (including phenoxy) is 1. The van der Waals surface area contributed by atoms with Gasteiger partial charge in [0.15, 0.2) is 0 Å². The second-order valence-electron chi connectivity index (χ2n) is 5.56. The van der Waals surface area contributed by atoms with Crippen molar-refractivity contribution < 1.29 is 14.3 Å². The van der Waals surface area contributed by atoms with Crippen LogP contribution >= 0.6 is 0 Å². The molecular weight excluding hydrogens is 246 g/mol. The average molecular weight is 269 g/mol. The number of hydrogen-bond donors (Lipinski definition) is 1. The van der Waals surface area contributed by atoms with Crippen LogP contribution in [0, 0.1) is 5.41 Å². The second-order valence-corrected chi connectivity index (χ2v) is 5.56. The number of nitrogens with one attached hydrogen (secondary N) is 1. The van der Waals surface area contributed by atoms with E-state index in [1.165, 1.54) is 7.11 Å². The number of amides is 2. The third-order valence-corrected chi connectivity index (χ3v) is 4.22. The maximum atomic E-state index is 12.6. The predicted octanol–water partition coefficient (Wildman–Crippen LogP) is 0.287. The standard InChI is InChI=1S/C13H23N3O3/c1-13(3-5-14-6-4-13)11(17)15-7-9-16(10-8-15)12(18)19-2/h14H,3-10H2,1-2H3. The van der Waals surface area contributed by atoms with Crippen molar-refractivity contribution in [1.29, 1.82) is 0 Å². The van der Waals surface area contributed by atoms with Gasteiger partial charge in [0.05, 0.1) is 7.11 Å². The highest BCUT2D eigenvalue weighted by atomic mass is 16.5. The summed E-state index contributed by atoms with van der Waals surface area (Å²) in [5.74, 6) is 0.235. The summed E-state index contributed by atoms with van der Waals surface area (Å²) in [4.78, 5) is 27.5. The minimum absolute atomic E-state index is 0.235. The maximum Gasteiger partial charge on any atom is 0.409 e. The van der Waals surface area contributed by atoms with E-state index in [2.05, 4.69) is 12.2 Å². The molecule has 0 saturated carbocycles. The Morgan fingerprint density at radius 3 is 2.11 bits per heavy atom. The first-order valence-corrected chi connectivity index (χ1v) is 6.90. The van der Waals surface area contributed by atoms with Gasteiger partial charge in [-0.1, -0.05) is 6.92 Å². The Hall–Kier alpha value is -1.30. The van der Waals surface area contributed by atoms with E-state index < -0.39 is 0 Å². The van der Waals surface area contributed by atoms with Gasteiger partial charge in [-0.05, 0) is 25.9 Å². The van der Waals surface area contributed by atoms with E-state index >= 15 is 0 Å². The molecule has 2 rings (SSSR count). The number of carbonyl (C=O) groups excluding carboxylic acids is 2. The van der Waals surface area contributed by atoms with E-state index in [9.17, 15) is 9.59 Å². The van der Waals surface area contributed by atoms with E-state index in [1.807, 2.05) is 4.90 Å². The Morgan fingerprint density at radius 1 is 1.05 bits per heavy atom. The first-order chi connectivity index (χ1) is 9.07. The van der Waals surface area contributed by atoms with Gasteiger partial charge >= 0.3 is 6.09 Å². The van der Waals surface area contributed by atoms with Gasteiger partial charge in [-0.2, -0.15) is 0 Å². The summed E-state index contributed by atoms with van der Waals surface area (Å²) in [5, 5.41) is 3.29. The zero-order valence-corrected chi connectivity index (χ0v) is 11.8. The van der Waals surface area contributed by atoms with Crippen molar-refractivity contribution in [3.63, 3.8) is 0 Å². The summed E-state index contributed by atoms with van der Waals surface area (Å²) in [6.45, 7) is 6.21. The lowest BCUT2D eigenvalue weighted by atomic mass is 9.79. The van der Waals surface area contributed by atoms with E-state index in [0.29, 0.717) is 26.2 Å². The van der Waals surface area contributed by atoms with Gasteiger partial charge in [-0.3, -0.25) is 4.79 Å². The molecule has 2 heterocycles. The molecule has 2 aliphatic rings. The fraction of sp³-hybridized carbons (Fsp3) is 0.846. The predicted molar refractivity (Wildman–Crippen MR) is 70.8 cm³/mol. The molecule has 1 N–H and O–H groups in total. The second kappa shape index (κ2) is 5.77. The molecule has 6 heteroatoms. The number of piperazine rings is 1. The van der Waals surface area contributed by atoms with Crippen molar-refractivity contribution in [3.8, 4) is 0 Å². The van der Waals surface area contributed by atoms with Gasteiger partial charge < -0.3 is 19.9 Å². The first kappa shape index (κ1) is 14.1. The van der Waals surface area contributed by atoms with Crippen LogP contribution in [0.5, 0.6) is 0 Å². The van der Waals surface area contributed by atoms with E-state index in [0.717, 1.165) is 25.9 Å². The lowest BCUT2D eigenvalue weighted by Gasteiger charge is -2.41. The Balaban J connectivity index is 1.90. The molecule has 0 aromatic carbocycles. The normalized spacial score (nSPS) is 23.1. The van der Waals surface area contributed by atoms with Gasteiger partial charge in [0.25, 0.3) is 0 Å². The molecule has 2 saturated heterocycles. The van der Waals surface area contributed by atoms with Crippen LogP contribution in [0.1, 0.15) is 19.8 Å². The van der Waals surface area contributed by atoms with E-state index in [1.54, 1.807) is 4.90 Å². The number of methoxy groups -OCH3 is 1. The molecule has 2 amide bonds. The Kier molecular flexibility index (Phi) is 4.29. The Labute approximate surface area is 114 Å². The average Bonchev–Trinajstić information content (AvgIpc) is 2.46. The summed E-state index contributed by atoms with van der Waals surface area (Å²) in [6, 6.07) is 0. The molecule has 0 aliphatic carbocycles. The van der Waals surface area contributed by atoms with Gasteiger partial charge in [-0.15, -0.1) is 0 Å². The van der Waals surface area contributed by atoms with E-state index in [-0.39, 0.29) is 17.4 Å². The van der Waals surface area contributed by atoms with Crippen LogP contribution in [-0.4, -0.2) is 68.2 Å². The first-order valence-electron chi connectivity index (χ1n) is 6.90. The largest absolute Gasteiger partial charge is 0.453 e. The fourth-order valence-corrected chi connectivity index (χ4v) is 2.80. The summed E-state index contributed by atoms with van der Waals surface area (Å²) in [6.07, 6.45) is 1.48. The third kappa shape index (κ3) is 3.00. The minimum Gasteiger partial charge on any atom is -0.453 e. The van der Waals surface area contributed by atoms with Crippen molar-refractivity contribution in [2.24, 2.45) is 5.41 Å². The van der Waals surface area contributed by atoms with Gasteiger partial charge in [-0.25, -0.2) is 4.79 Å². The van der Waals surface area contributed by atoms with E-state index in [4.69, 9.17) is 4.74 Å². The van der Waals surface area contributed by atoms with Crippen molar-refractivity contribution in [2.45, 2.75) is 19.8 Å². The number of rotatable bonds is 1. The van der Waals surface area contributed by atoms with Crippen molar-refractivity contribution in [1.82, 2.24) is 15.1 Å². The molecular formula is C13H23N3O3. The topological polar surface area (TPSA) is 61.9 Å². The third-order valence-electron chi connectivity index (χ3n) is 4.22. The van der Waals surface area contributed by atoms with Crippen LogP contribution in [0.4, 0.5) is 4.79 Å². The summed E-state index contributed by atoms with van der Waals surface area (Å²) >= 11 is 0. The molecule has 0 aromatic heterocycles. The number of nitrogens with zero attached hydrogens (tertiary/aromatic N) is 2. The molecule has 6 nitrogen and oxygen atoms in total. The molecule has 0 atom stereocenters. The fourth-order valence-electron chi connectivity index (χ4n) is 2.80. The van der Waals surface area contributed by atoms with Crippen molar-refractivity contribution in [3.05, 3.63) is 0 Å². The van der Waals surface area contributed by atoms with Gasteiger partial charge in [0.2, 0.25) is 5.91 Å². The summed E-state index contributed by atoms with van der Waals surface area (Å²) in [7, 11) is 1.38. The zero-order chi connectivity index (χ0) is 13.9. The number of carbonyl (C=O) groups is 2. The van der Waals surface area contributed by atoms with Crippen LogP contribution in [-0.2, 0) is 9.53 Å². The van der Waals surface area contributed by atoms with Crippen molar-refractivity contribution >= 4 is 12.0 Å². The summed E-state index contributed by atoms with van der Waals surface area (Å²) < 4.78 is 4.70. The quantitative estimate of drug-likeness (QED) is 0.743. The Bertz CT molecular complexity index is 345. The highest BCUT2D eigenvalue weighted by molar-refractivity contribution is 5.82. The summed E-state index contributed by atoms with van der Waals surface area (Å²) in [5.41, 5.74) is -0.237. The lowest BCUT2D eigenvalue weighted by molar-refractivity contribution is -0.144. The van der Waals surface area contributed by atoms with Gasteiger partial charge in [0, 0.05) is 31.6 Å². The molecule has 0 spiro atoms. The van der Waals surface area contributed by atoms with Crippen LogP contribution in [0.15, 0.2) is 0 Å². The SMILES string of the molecule is COC(=O)N1CCN(C(=O)C2(C)CCNCC2)CC1. The van der Waals surface area contributed by atoms with Crippen LogP contribution < -0.4 is 5.32 Å². The van der Waals surface area contributed by atoms with Gasteiger partial charge in [0.1, 0.15) is 0 Å². The lowest BCUT2D eigenvalue weighted by Crippen LogP contribution is -2.55. The minimum atomic E-state index is -0.305. The van der Waals surface area contributed by atoms with Crippen molar-refractivity contribution in [2.75, 3.05) is 46.4 Å². The molecule has 2 fully saturated rings. The maximum absolute atomic E-state index is 12.6. The van der Waals surface area contributed by atoms with Crippen LogP contribution in [0.25, 0.3) is 0 Å². The molecule has 0 radical (unpaired) electrons. The smallest absolute Gasteiger partial charge is 0.409 e. The molecule has 19 heavy (non-hydrogen) atoms. The highest BCUT2D eigenvalue weighted by Crippen LogP contribution is 2.30. The zero-order valence-electron chi connectivity index (χ0n) is 11.8. The molecule has 108 valence electrons.